The Hall–Kier alpha value is -3.35. The van der Waals surface area contributed by atoms with Crippen molar-refractivity contribution < 1.29 is 24.2 Å². The molecule has 0 heterocycles. The molecule has 1 unspecified atom stereocenters. The van der Waals surface area contributed by atoms with Gasteiger partial charge in [0.15, 0.2) is 0 Å². The van der Waals surface area contributed by atoms with Gasteiger partial charge in [0.1, 0.15) is 12.1 Å². The predicted octanol–water partition coefficient (Wildman–Crippen LogP) is 5.24. The molecule has 2 aromatic rings. The summed E-state index contributed by atoms with van der Waals surface area (Å²) < 4.78 is 5.61. The normalized spacial score (nSPS) is 13.9. The highest BCUT2D eigenvalue weighted by Crippen LogP contribution is 2.44. The lowest BCUT2D eigenvalue weighted by Gasteiger charge is -2.28. The van der Waals surface area contributed by atoms with E-state index < -0.39 is 17.6 Å². The molecular weight excluding hydrogens is 444 g/mol. The molecule has 1 aliphatic rings. The smallest absolute Gasteiger partial charge is 0.408 e. The molecule has 35 heavy (non-hydrogen) atoms. The van der Waals surface area contributed by atoms with Crippen molar-refractivity contribution in [2.45, 2.75) is 70.3 Å². The summed E-state index contributed by atoms with van der Waals surface area (Å²) in [6, 6.07) is 16.3. The fourth-order valence-electron chi connectivity index (χ4n) is 4.49. The molecule has 0 fully saturated rings. The summed E-state index contributed by atoms with van der Waals surface area (Å²) in [5.74, 6) is -1.04. The van der Waals surface area contributed by atoms with E-state index in [1.165, 1.54) is 0 Å². The lowest BCUT2D eigenvalue weighted by Crippen LogP contribution is -2.56. The van der Waals surface area contributed by atoms with Crippen molar-refractivity contribution in [1.82, 2.24) is 10.6 Å². The summed E-state index contributed by atoms with van der Waals surface area (Å²) in [5.41, 5.74) is 3.54. The maximum atomic E-state index is 12.8. The summed E-state index contributed by atoms with van der Waals surface area (Å²) in [5, 5.41) is 14.3. The Morgan fingerprint density at radius 3 is 2.09 bits per heavy atom. The number of unbranched alkanes of at least 4 members (excludes halogenated alkanes) is 4. The number of rotatable bonds is 13. The second-order valence-electron chi connectivity index (χ2n) is 9.30. The fourth-order valence-corrected chi connectivity index (χ4v) is 4.49. The van der Waals surface area contributed by atoms with Gasteiger partial charge in [0.25, 0.3) is 0 Å². The van der Waals surface area contributed by atoms with Gasteiger partial charge in [0.05, 0.1) is 0 Å². The number of alkyl carbamates (subject to hydrolysis) is 1. The van der Waals surface area contributed by atoms with Gasteiger partial charge in [-0.1, -0.05) is 74.7 Å². The molecule has 188 valence electrons. The predicted molar refractivity (Wildman–Crippen MR) is 135 cm³/mol. The minimum atomic E-state index is -1.07. The van der Waals surface area contributed by atoms with Crippen molar-refractivity contribution >= 4 is 18.0 Å². The second kappa shape index (κ2) is 12.4. The van der Waals surface area contributed by atoms with Crippen LogP contribution in [0.15, 0.2) is 48.5 Å². The van der Waals surface area contributed by atoms with Gasteiger partial charge in [-0.3, -0.25) is 9.59 Å². The molecule has 7 nitrogen and oxygen atoms in total. The van der Waals surface area contributed by atoms with Crippen LogP contribution in [0, 0.1) is 0 Å². The Balaban J connectivity index is 1.46. The minimum absolute atomic E-state index is 0.0367. The lowest BCUT2D eigenvalue weighted by molar-refractivity contribution is -0.137. The van der Waals surface area contributed by atoms with Gasteiger partial charge in [-0.15, -0.1) is 0 Å². The summed E-state index contributed by atoms with van der Waals surface area (Å²) in [6.07, 6.45) is 4.24. The van der Waals surface area contributed by atoms with E-state index in [9.17, 15) is 14.4 Å². The van der Waals surface area contributed by atoms with E-state index in [2.05, 4.69) is 34.9 Å². The van der Waals surface area contributed by atoms with E-state index in [0.29, 0.717) is 19.4 Å². The molecule has 1 aliphatic carbocycles. The molecule has 0 spiro atoms. The zero-order valence-corrected chi connectivity index (χ0v) is 20.6. The maximum absolute atomic E-state index is 12.8. The van der Waals surface area contributed by atoms with Crippen LogP contribution < -0.4 is 10.6 Å². The van der Waals surface area contributed by atoms with Crippen molar-refractivity contribution in [3.63, 3.8) is 0 Å². The van der Waals surface area contributed by atoms with Crippen LogP contribution in [0.25, 0.3) is 11.1 Å². The Morgan fingerprint density at radius 1 is 0.914 bits per heavy atom. The van der Waals surface area contributed by atoms with Crippen LogP contribution in [0.2, 0.25) is 0 Å². The largest absolute Gasteiger partial charge is 0.481 e. The first kappa shape index (κ1) is 26.3. The number of ether oxygens (including phenoxy) is 1. The number of carboxylic acids is 1. The molecule has 7 heteroatoms. The average molecular weight is 481 g/mol. The Kier molecular flexibility index (Phi) is 9.29. The van der Waals surface area contributed by atoms with Crippen LogP contribution in [0.4, 0.5) is 4.79 Å². The number of benzene rings is 2. The van der Waals surface area contributed by atoms with Crippen LogP contribution in [-0.2, 0) is 14.3 Å². The number of amides is 2. The van der Waals surface area contributed by atoms with E-state index in [-0.39, 0.29) is 24.9 Å². The third-order valence-electron chi connectivity index (χ3n) is 6.78. The van der Waals surface area contributed by atoms with Crippen molar-refractivity contribution in [2.24, 2.45) is 0 Å². The average Bonchev–Trinajstić information content (AvgIpc) is 3.17. The molecule has 2 amide bonds. The van der Waals surface area contributed by atoms with Crippen molar-refractivity contribution in [1.29, 1.82) is 0 Å². The maximum Gasteiger partial charge on any atom is 0.408 e. The van der Waals surface area contributed by atoms with E-state index in [0.717, 1.165) is 47.9 Å². The van der Waals surface area contributed by atoms with Crippen LogP contribution in [0.5, 0.6) is 0 Å². The Labute approximate surface area is 207 Å². The molecular formula is C28H36N2O5. The third-order valence-corrected chi connectivity index (χ3v) is 6.78. The first-order valence-electron chi connectivity index (χ1n) is 12.5. The monoisotopic (exact) mass is 480 g/mol. The number of hydrogen-bond donors (Lipinski definition) is 3. The molecule has 0 aromatic heterocycles. The minimum Gasteiger partial charge on any atom is -0.481 e. The lowest BCUT2D eigenvalue weighted by atomic mass is 9.97. The van der Waals surface area contributed by atoms with Crippen LogP contribution in [0.3, 0.4) is 0 Å². The molecule has 2 aromatic carbocycles. The van der Waals surface area contributed by atoms with E-state index in [1.807, 2.05) is 31.2 Å². The highest BCUT2D eigenvalue weighted by molar-refractivity contribution is 5.89. The summed E-state index contributed by atoms with van der Waals surface area (Å²) >= 11 is 0. The quantitative estimate of drug-likeness (QED) is 0.340. The summed E-state index contributed by atoms with van der Waals surface area (Å²) in [7, 11) is 0. The Morgan fingerprint density at radius 2 is 1.49 bits per heavy atom. The molecule has 1 atom stereocenters. The van der Waals surface area contributed by atoms with Gasteiger partial charge in [-0.25, -0.2) is 4.79 Å². The number of carbonyl (C=O) groups is 3. The Bertz CT molecular complexity index is 992. The van der Waals surface area contributed by atoms with Gasteiger partial charge in [0.2, 0.25) is 5.91 Å². The molecule has 0 aliphatic heterocycles. The molecule has 0 saturated heterocycles. The number of carboxylic acid groups (broad SMARTS) is 1. The first-order chi connectivity index (χ1) is 16.9. The van der Waals surface area contributed by atoms with Crippen LogP contribution >= 0.6 is 0 Å². The van der Waals surface area contributed by atoms with Gasteiger partial charge in [0, 0.05) is 18.9 Å². The van der Waals surface area contributed by atoms with Crippen molar-refractivity contribution in [3.8, 4) is 11.1 Å². The van der Waals surface area contributed by atoms with E-state index in [4.69, 9.17) is 9.84 Å². The number of fused-ring (bicyclic) bond motifs is 3. The number of carbonyl (C=O) groups excluding carboxylic acids is 2. The summed E-state index contributed by atoms with van der Waals surface area (Å²) in [6.45, 7) is 4.27. The van der Waals surface area contributed by atoms with Gasteiger partial charge in [-0.05, 0) is 48.4 Å². The molecule has 3 N–H and O–H groups in total. The highest BCUT2D eigenvalue weighted by atomic mass is 16.5. The number of aliphatic carboxylic acids is 1. The highest BCUT2D eigenvalue weighted by Gasteiger charge is 2.34. The van der Waals surface area contributed by atoms with Crippen LogP contribution in [-0.4, -0.2) is 41.8 Å². The van der Waals surface area contributed by atoms with Crippen molar-refractivity contribution in [3.05, 3.63) is 59.7 Å². The van der Waals surface area contributed by atoms with Gasteiger partial charge < -0.3 is 20.5 Å². The zero-order valence-electron chi connectivity index (χ0n) is 20.6. The first-order valence-corrected chi connectivity index (χ1v) is 12.5. The van der Waals surface area contributed by atoms with E-state index in [1.54, 1.807) is 6.92 Å². The SMILES string of the molecule is CCC(C)(NC(=O)OCC1c2ccccc2-c2ccccc21)C(=O)NCCCCCCCC(=O)O. The molecule has 0 radical (unpaired) electrons. The topological polar surface area (TPSA) is 105 Å². The standard InChI is InChI=1S/C28H36N2O5/c1-3-28(2,26(33)29-18-12-6-4-5-7-17-25(31)32)30-27(34)35-19-24-22-15-10-8-13-20(22)21-14-9-11-16-23(21)24/h8-11,13-16,24H,3-7,12,17-19H2,1-2H3,(H,29,33)(H,30,34)(H,31,32). The third kappa shape index (κ3) is 6.84. The van der Waals surface area contributed by atoms with E-state index >= 15 is 0 Å². The second-order valence-corrected chi connectivity index (χ2v) is 9.30. The zero-order chi connectivity index (χ0) is 25.3. The molecule has 0 bridgehead atoms. The van der Waals surface area contributed by atoms with Crippen LogP contribution in [0.1, 0.15) is 75.8 Å². The fraction of sp³-hybridized carbons (Fsp3) is 0.464. The van der Waals surface area contributed by atoms with Gasteiger partial charge in [-0.2, -0.15) is 0 Å². The summed E-state index contributed by atoms with van der Waals surface area (Å²) in [4.78, 5) is 36.0. The van der Waals surface area contributed by atoms with Crippen molar-refractivity contribution in [2.75, 3.05) is 13.2 Å². The number of hydrogen-bond acceptors (Lipinski definition) is 4. The molecule has 3 rings (SSSR count). The molecule has 0 saturated carbocycles. The number of nitrogens with one attached hydrogen (secondary N) is 2. The van der Waals surface area contributed by atoms with Gasteiger partial charge >= 0.3 is 12.1 Å².